The largest absolute Gasteiger partial charge is 0.497 e. The normalized spacial score (nSPS) is 11.9. The van der Waals surface area contributed by atoms with Crippen LogP contribution in [0.5, 0.6) is 17.2 Å². The van der Waals surface area contributed by atoms with Gasteiger partial charge in [-0.05, 0) is 48.9 Å². The molecule has 6 heteroatoms. The molecule has 2 aromatic rings. The van der Waals surface area contributed by atoms with E-state index in [1.54, 1.807) is 12.0 Å². The number of amides is 2. The summed E-state index contributed by atoms with van der Waals surface area (Å²) in [4.78, 5) is 14.2. The lowest BCUT2D eigenvalue weighted by Gasteiger charge is -2.21. The Labute approximate surface area is 140 Å². The van der Waals surface area contributed by atoms with Crippen molar-refractivity contribution in [1.82, 2.24) is 4.90 Å². The molecule has 0 radical (unpaired) electrons. The fraction of sp³-hybridized carbons (Fsp3) is 0.278. The second-order valence-electron chi connectivity index (χ2n) is 5.36. The quantitative estimate of drug-likeness (QED) is 0.913. The molecule has 0 aromatic heterocycles. The van der Waals surface area contributed by atoms with Crippen LogP contribution in [0.1, 0.15) is 12.5 Å². The maximum Gasteiger partial charge on any atom is 0.322 e. The first kappa shape index (κ1) is 16.0. The first-order chi connectivity index (χ1) is 11.7. The molecule has 0 bridgehead atoms. The highest BCUT2D eigenvalue weighted by Gasteiger charge is 2.16. The highest BCUT2D eigenvalue weighted by atomic mass is 16.7. The molecule has 0 spiro atoms. The van der Waals surface area contributed by atoms with Gasteiger partial charge in [-0.2, -0.15) is 0 Å². The average molecular weight is 328 g/mol. The number of hydrogen-bond acceptors (Lipinski definition) is 4. The van der Waals surface area contributed by atoms with E-state index >= 15 is 0 Å². The Morgan fingerprint density at radius 1 is 1.17 bits per heavy atom. The van der Waals surface area contributed by atoms with E-state index in [4.69, 9.17) is 14.2 Å². The molecule has 126 valence electrons. The number of methoxy groups -OCH3 is 1. The van der Waals surface area contributed by atoms with E-state index in [0.29, 0.717) is 13.1 Å². The zero-order valence-corrected chi connectivity index (χ0v) is 13.7. The van der Waals surface area contributed by atoms with Gasteiger partial charge >= 0.3 is 6.03 Å². The lowest BCUT2D eigenvalue weighted by molar-refractivity contribution is 0.174. The molecular weight excluding hydrogens is 308 g/mol. The Morgan fingerprint density at radius 3 is 2.62 bits per heavy atom. The second kappa shape index (κ2) is 7.12. The van der Waals surface area contributed by atoms with Gasteiger partial charge in [0.15, 0.2) is 11.5 Å². The molecular formula is C18H20N2O4. The van der Waals surface area contributed by atoms with Crippen LogP contribution in [0.4, 0.5) is 10.5 Å². The van der Waals surface area contributed by atoms with E-state index in [1.165, 1.54) is 0 Å². The summed E-state index contributed by atoms with van der Waals surface area (Å²) in [6.45, 7) is 3.28. The fourth-order valence-corrected chi connectivity index (χ4v) is 2.46. The maximum absolute atomic E-state index is 12.5. The number of urea groups is 1. The maximum atomic E-state index is 12.5. The number of nitrogens with zero attached hydrogens (tertiary/aromatic N) is 1. The molecule has 6 nitrogen and oxygen atoms in total. The Kier molecular flexibility index (Phi) is 4.74. The fourth-order valence-electron chi connectivity index (χ4n) is 2.46. The summed E-state index contributed by atoms with van der Waals surface area (Å²) in [7, 11) is 1.61. The highest BCUT2D eigenvalue weighted by Crippen LogP contribution is 2.32. The predicted molar refractivity (Wildman–Crippen MR) is 90.7 cm³/mol. The van der Waals surface area contributed by atoms with Crippen LogP contribution in [0.15, 0.2) is 42.5 Å². The second-order valence-corrected chi connectivity index (χ2v) is 5.36. The Hall–Kier alpha value is -2.89. The van der Waals surface area contributed by atoms with Crippen molar-refractivity contribution in [1.29, 1.82) is 0 Å². The van der Waals surface area contributed by atoms with E-state index in [-0.39, 0.29) is 12.8 Å². The summed E-state index contributed by atoms with van der Waals surface area (Å²) in [6, 6.07) is 12.8. The first-order valence-electron chi connectivity index (χ1n) is 7.78. The lowest BCUT2D eigenvalue weighted by Crippen LogP contribution is -2.34. The standard InChI is InChI=1S/C18H20N2O4/c1-3-20(11-13-4-9-16-17(10-13)24-12-23-16)18(21)19-14-5-7-15(22-2)8-6-14/h4-10H,3,11-12H2,1-2H3,(H,19,21). The molecule has 0 saturated heterocycles. The monoisotopic (exact) mass is 328 g/mol. The van der Waals surface area contributed by atoms with Gasteiger partial charge in [0.05, 0.1) is 7.11 Å². The van der Waals surface area contributed by atoms with Gasteiger partial charge in [-0.3, -0.25) is 0 Å². The number of anilines is 1. The van der Waals surface area contributed by atoms with Crippen molar-refractivity contribution in [3.8, 4) is 17.2 Å². The molecule has 2 aromatic carbocycles. The Bertz CT molecular complexity index is 715. The minimum absolute atomic E-state index is 0.152. The number of ether oxygens (including phenoxy) is 3. The topological polar surface area (TPSA) is 60.0 Å². The van der Waals surface area contributed by atoms with E-state index in [9.17, 15) is 4.79 Å². The van der Waals surface area contributed by atoms with Gasteiger partial charge in [-0.15, -0.1) is 0 Å². The number of hydrogen-bond donors (Lipinski definition) is 1. The lowest BCUT2D eigenvalue weighted by atomic mass is 10.2. The molecule has 0 atom stereocenters. The third kappa shape index (κ3) is 3.53. The molecule has 0 fully saturated rings. The number of nitrogens with one attached hydrogen (secondary N) is 1. The molecule has 2 amide bonds. The van der Waals surface area contributed by atoms with Crippen LogP contribution >= 0.6 is 0 Å². The molecule has 1 heterocycles. The summed E-state index contributed by atoms with van der Waals surface area (Å²) in [6.07, 6.45) is 0. The first-order valence-corrected chi connectivity index (χ1v) is 7.78. The highest BCUT2D eigenvalue weighted by molar-refractivity contribution is 5.89. The van der Waals surface area contributed by atoms with E-state index in [0.717, 1.165) is 28.5 Å². The molecule has 1 N–H and O–H groups in total. The van der Waals surface area contributed by atoms with Crippen LogP contribution in [-0.4, -0.2) is 31.4 Å². The van der Waals surface area contributed by atoms with E-state index in [1.807, 2.05) is 49.4 Å². The van der Waals surface area contributed by atoms with Crippen LogP contribution in [-0.2, 0) is 6.54 Å². The van der Waals surface area contributed by atoms with Crippen molar-refractivity contribution in [2.75, 3.05) is 25.8 Å². The van der Waals surface area contributed by atoms with Gasteiger partial charge in [-0.25, -0.2) is 4.79 Å². The van der Waals surface area contributed by atoms with Gasteiger partial charge in [0.1, 0.15) is 5.75 Å². The van der Waals surface area contributed by atoms with Crippen LogP contribution in [0, 0.1) is 0 Å². The van der Waals surface area contributed by atoms with Crippen molar-refractivity contribution in [2.24, 2.45) is 0 Å². The Morgan fingerprint density at radius 2 is 1.92 bits per heavy atom. The van der Waals surface area contributed by atoms with Crippen molar-refractivity contribution in [3.05, 3.63) is 48.0 Å². The van der Waals surface area contributed by atoms with Crippen LogP contribution in [0.2, 0.25) is 0 Å². The van der Waals surface area contributed by atoms with Crippen molar-refractivity contribution >= 4 is 11.7 Å². The molecule has 1 aliphatic heterocycles. The molecule has 0 unspecified atom stereocenters. The summed E-state index contributed by atoms with van der Waals surface area (Å²) in [5, 5.41) is 2.89. The summed E-state index contributed by atoms with van der Waals surface area (Å²) in [5.74, 6) is 2.21. The molecule has 24 heavy (non-hydrogen) atoms. The molecule has 0 aliphatic carbocycles. The third-order valence-corrected chi connectivity index (χ3v) is 3.82. The predicted octanol–water partition coefficient (Wildman–Crippen LogP) is 3.48. The van der Waals surface area contributed by atoms with Crippen molar-refractivity contribution in [3.63, 3.8) is 0 Å². The zero-order valence-electron chi connectivity index (χ0n) is 13.7. The average Bonchev–Trinajstić information content (AvgIpc) is 3.08. The summed E-state index contributed by atoms with van der Waals surface area (Å²) < 4.78 is 15.8. The number of fused-ring (bicyclic) bond motifs is 1. The van der Waals surface area contributed by atoms with Crippen molar-refractivity contribution in [2.45, 2.75) is 13.5 Å². The number of carbonyl (C=O) groups excluding carboxylic acids is 1. The molecule has 1 aliphatic rings. The molecule has 0 saturated carbocycles. The third-order valence-electron chi connectivity index (χ3n) is 3.82. The van der Waals surface area contributed by atoms with Gasteiger partial charge in [0.2, 0.25) is 6.79 Å². The van der Waals surface area contributed by atoms with E-state index < -0.39 is 0 Å². The molecule has 3 rings (SSSR count). The van der Waals surface area contributed by atoms with Crippen molar-refractivity contribution < 1.29 is 19.0 Å². The van der Waals surface area contributed by atoms with Gasteiger partial charge in [0.25, 0.3) is 0 Å². The minimum Gasteiger partial charge on any atom is -0.497 e. The van der Waals surface area contributed by atoms with E-state index in [2.05, 4.69) is 5.32 Å². The SMILES string of the molecule is CCN(Cc1ccc2c(c1)OCO2)C(=O)Nc1ccc(OC)cc1. The van der Waals surface area contributed by atoms with Gasteiger partial charge in [0, 0.05) is 18.8 Å². The summed E-state index contributed by atoms with van der Waals surface area (Å²) >= 11 is 0. The zero-order chi connectivity index (χ0) is 16.9. The van der Waals surface area contributed by atoms with Gasteiger partial charge < -0.3 is 24.4 Å². The Balaban J connectivity index is 1.65. The minimum atomic E-state index is -0.152. The number of carbonyl (C=O) groups is 1. The number of benzene rings is 2. The van der Waals surface area contributed by atoms with Crippen LogP contribution in [0.3, 0.4) is 0 Å². The summed E-state index contributed by atoms with van der Waals surface area (Å²) in [5.41, 5.74) is 1.72. The van der Waals surface area contributed by atoms with Crippen LogP contribution in [0.25, 0.3) is 0 Å². The van der Waals surface area contributed by atoms with Crippen LogP contribution < -0.4 is 19.5 Å². The smallest absolute Gasteiger partial charge is 0.322 e. The van der Waals surface area contributed by atoms with Gasteiger partial charge in [-0.1, -0.05) is 6.07 Å². The number of rotatable bonds is 5.